The van der Waals surface area contributed by atoms with Gasteiger partial charge < -0.3 is 11.1 Å². The maximum atomic E-state index is 12.8. The fourth-order valence-corrected chi connectivity index (χ4v) is 5.70. The van der Waals surface area contributed by atoms with E-state index in [0.717, 1.165) is 32.1 Å². The second-order valence-corrected chi connectivity index (χ2v) is 9.82. The number of hydrogen-bond donors (Lipinski definition) is 2. The van der Waals surface area contributed by atoms with Gasteiger partial charge in [-0.25, -0.2) is 8.42 Å². The van der Waals surface area contributed by atoms with E-state index in [1.165, 1.54) is 29.6 Å². The molecule has 0 bridgehead atoms. The average molecular weight is 426 g/mol. The Morgan fingerprint density at radius 1 is 1.07 bits per heavy atom. The van der Waals surface area contributed by atoms with Crippen LogP contribution in [0.4, 0.5) is 5.69 Å². The van der Waals surface area contributed by atoms with E-state index in [1.54, 1.807) is 18.2 Å². The maximum absolute atomic E-state index is 12.8. The molecule has 166 valence electrons. The molecule has 3 N–H and O–H groups in total. The highest BCUT2D eigenvalue weighted by atomic mass is 32.2. The van der Waals surface area contributed by atoms with E-state index in [2.05, 4.69) is 5.32 Å². The van der Waals surface area contributed by atoms with Gasteiger partial charge >= 0.3 is 0 Å². The Bertz CT molecular complexity index is 743. The number of nitrogens with two attached hydrogens (primary N) is 1. The van der Waals surface area contributed by atoms with Crippen molar-refractivity contribution >= 4 is 21.6 Å². The smallest absolute Gasteiger partial charge is 0.243 e. The first-order chi connectivity index (χ1) is 13.0. The highest BCUT2D eigenvalue weighted by molar-refractivity contribution is 7.89. The average Bonchev–Trinajstić information content (AvgIpc) is 3.09. The lowest BCUT2D eigenvalue weighted by Crippen LogP contribution is -2.36. The van der Waals surface area contributed by atoms with E-state index >= 15 is 0 Å². The van der Waals surface area contributed by atoms with Gasteiger partial charge in [0.2, 0.25) is 15.9 Å². The number of anilines is 1. The molecule has 1 amide bonds. The number of nitrogen functional groups attached to an aromatic ring is 1. The van der Waals surface area contributed by atoms with Crippen LogP contribution < -0.4 is 11.1 Å². The Morgan fingerprint density at radius 3 is 2.38 bits per heavy atom. The SMILES string of the molecule is C.C.Nc1cccc(S(=O)(=O)N2CCC(CNC(=O)C3CCCCCCC3)C2)c1. The summed E-state index contributed by atoms with van der Waals surface area (Å²) in [7, 11) is -3.52. The van der Waals surface area contributed by atoms with Crippen molar-refractivity contribution in [2.75, 3.05) is 25.4 Å². The van der Waals surface area contributed by atoms with E-state index in [9.17, 15) is 13.2 Å². The largest absolute Gasteiger partial charge is 0.399 e. The van der Waals surface area contributed by atoms with Crippen molar-refractivity contribution in [2.24, 2.45) is 11.8 Å². The zero-order chi connectivity index (χ0) is 19.3. The van der Waals surface area contributed by atoms with Crippen LogP contribution in [0.2, 0.25) is 0 Å². The van der Waals surface area contributed by atoms with Crippen molar-refractivity contribution < 1.29 is 13.2 Å². The summed E-state index contributed by atoms with van der Waals surface area (Å²) in [4.78, 5) is 12.7. The Balaban J connectivity index is 0.00000210. The van der Waals surface area contributed by atoms with Crippen molar-refractivity contribution in [3.63, 3.8) is 0 Å². The fourth-order valence-electron chi connectivity index (χ4n) is 4.11. The molecule has 2 fully saturated rings. The summed E-state index contributed by atoms with van der Waals surface area (Å²) in [5.41, 5.74) is 6.17. The summed E-state index contributed by atoms with van der Waals surface area (Å²) in [5.74, 6) is 0.436. The number of nitrogens with one attached hydrogen (secondary N) is 1. The van der Waals surface area contributed by atoms with E-state index in [0.29, 0.717) is 25.3 Å². The van der Waals surface area contributed by atoms with Gasteiger partial charge in [-0.05, 0) is 43.4 Å². The molecule has 1 saturated carbocycles. The molecule has 1 heterocycles. The maximum Gasteiger partial charge on any atom is 0.243 e. The third kappa shape index (κ3) is 6.71. The highest BCUT2D eigenvalue weighted by Crippen LogP contribution is 2.26. The van der Waals surface area contributed by atoms with Crippen LogP contribution in [0.15, 0.2) is 29.2 Å². The Hall–Kier alpha value is -1.60. The molecule has 2 aliphatic rings. The Kier molecular flexibility index (Phi) is 10.1. The molecule has 1 aliphatic carbocycles. The third-order valence-corrected chi connectivity index (χ3v) is 7.65. The zero-order valence-corrected chi connectivity index (χ0v) is 16.7. The van der Waals surface area contributed by atoms with Crippen LogP contribution in [-0.2, 0) is 14.8 Å². The predicted octanol–water partition coefficient (Wildman–Crippen LogP) is 4.03. The first-order valence-electron chi connectivity index (χ1n) is 10.1. The minimum atomic E-state index is -3.52. The summed E-state index contributed by atoms with van der Waals surface area (Å²) in [6.07, 6.45) is 8.73. The van der Waals surface area contributed by atoms with Gasteiger partial charge in [-0.1, -0.05) is 53.0 Å². The monoisotopic (exact) mass is 425 g/mol. The van der Waals surface area contributed by atoms with Crippen LogP contribution in [0.1, 0.15) is 66.2 Å². The van der Waals surface area contributed by atoms with Gasteiger partial charge in [0.25, 0.3) is 0 Å². The van der Waals surface area contributed by atoms with Gasteiger partial charge in [-0.15, -0.1) is 0 Å². The fraction of sp³-hybridized carbons (Fsp3) is 0.682. The molecule has 7 heteroatoms. The molecular weight excluding hydrogens is 386 g/mol. The van der Waals surface area contributed by atoms with E-state index in [1.807, 2.05) is 0 Å². The van der Waals surface area contributed by atoms with Crippen LogP contribution in [0.3, 0.4) is 0 Å². The molecule has 6 nitrogen and oxygen atoms in total. The van der Waals surface area contributed by atoms with Crippen LogP contribution in [0, 0.1) is 11.8 Å². The number of amides is 1. The molecule has 1 aliphatic heterocycles. The summed E-state index contributed by atoms with van der Waals surface area (Å²) in [6.45, 7) is 1.49. The van der Waals surface area contributed by atoms with Gasteiger partial charge in [0, 0.05) is 31.2 Å². The van der Waals surface area contributed by atoms with Crippen LogP contribution in [0.5, 0.6) is 0 Å². The minimum Gasteiger partial charge on any atom is -0.399 e. The second-order valence-electron chi connectivity index (χ2n) is 7.88. The van der Waals surface area contributed by atoms with Gasteiger partial charge in [-0.2, -0.15) is 4.31 Å². The Labute approximate surface area is 177 Å². The van der Waals surface area contributed by atoms with Crippen molar-refractivity contribution in [1.82, 2.24) is 9.62 Å². The van der Waals surface area contributed by atoms with E-state index in [4.69, 9.17) is 5.73 Å². The molecule has 0 aromatic heterocycles. The Morgan fingerprint density at radius 2 is 1.72 bits per heavy atom. The number of sulfonamides is 1. The summed E-state index contributed by atoms with van der Waals surface area (Å²) in [6, 6.07) is 6.41. The minimum absolute atomic E-state index is 0. The highest BCUT2D eigenvalue weighted by Gasteiger charge is 2.33. The number of carbonyl (C=O) groups excluding carboxylic acids is 1. The number of hydrogen-bond acceptors (Lipinski definition) is 4. The molecule has 29 heavy (non-hydrogen) atoms. The van der Waals surface area contributed by atoms with Crippen molar-refractivity contribution in [3.8, 4) is 0 Å². The standard InChI is InChI=1S/C20H31N3O3S.2CH4/c21-18-9-6-10-19(13-18)27(25,26)23-12-11-16(15-23)14-22-20(24)17-7-4-2-1-3-5-8-17;;/h6,9-10,13,16-17H,1-5,7-8,11-12,14-15,21H2,(H,22,24);2*1H4. The molecule has 1 aromatic rings. The van der Waals surface area contributed by atoms with E-state index < -0.39 is 10.0 Å². The third-order valence-electron chi connectivity index (χ3n) is 5.79. The van der Waals surface area contributed by atoms with Crippen molar-refractivity contribution in [3.05, 3.63) is 24.3 Å². The predicted molar refractivity (Wildman–Crippen MR) is 120 cm³/mol. The van der Waals surface area contributed by atoms with E-state index in [-0.39, 0.29) is 37.5 Å². The lowest BCUT2D eigenvalue weighted by atomic mass is 9.90. The summed E-state index contributed by atoms with van der Waals surface area (Å²) in [5, 5.41) is 3.08. The van der Waals surface area contributed by atoms with Crippen LogP contribution in [0.25, 0.3) is 0 Å². The van der Waals surface area contributed by atoms with Gasteiger partial charge in [0.1, 0.15) is 0 Å². The first kappa shape index (κ1) is 25.4. The lowest BCUT2D eigenvalue weighted by Gasteiger charge is -2.20. The lowest BCUT2D eigenvalue weighted by molar-refractivity contribution is -0.125. The van der Waals surface area contributed by atoms with Crippen molar-refractivity contribution in [2.45, 2.75) is 71.1 Å². The number of nitrogens with zero attached hydrogens (tertiary/aromatic N) is 1. The molecular formula is C22H39N3O3S. The normalized spacial score (nSPS) is 21.3. The van der Waals surface area contributed by atoms with Crippen LogP contribution in [-0.4, -0.2) is 38.3 Å². The molecule has 1 unspecified atom stereocenters. The topological polar surface area (TPSA) is 92.5 Å². The molecule has 1 saturated heterocycles. The zero-order valence-electron chi connectivity index (χ0n) is 15.9. The number of rotatable bonds is 5. The number of benzene rings is 1. The molecule has 1 aromatic carbocycles. The number of carbonyl (C=O) groups is 1. The van der Waals surface area contributed by atoms with Crippen LogP contribution >= 0.6 is 0 Å². The quantitative estimate of drug-likeness (QED) is 0.697. The van der Waals surface area contributed by atoms with Gasteiger partial charge in [-0.3, -0.25) is 4.79 Å². The molecule has 1 atom stereocenters. The van der Waals surface area contributed by atoms with Gasteiger partial charge in [0.05, 0.1) is 4.90 Å². The second kappa shape index (κ2) is 11.6. The first-order valence-corrected chi connectivity index (χ1v) is 11.5. The van der Waals surface area contributed by atoms with Gasteiger partial charge in [0.15, 0.2) is 0 Å². The van der Waals surface area contributed by atoms with Crippen molar-refractivity contribution in [1.29, 1.82) is 0 Å². The molecule has 0 spiro atoms. The molecule has 0 radical (unpaired) electrons. The molecule has 3 rings (SSSR count). The summed E-state index contributed by atoms with van der Waals surface area (Å²) < 4.78 is 27.1. The summed E-state index contributed by atoms with van der Waals surface area (Å²) >= 11 is 0.